The van der Waals surface area contributed by atoms with Crippen molar-refractivity contribution in [1.29, 1.82) is 0 Å². The second-order valence-corrected chi connectivity index (χ2v) is 6.34. The molecule has 1 amide bonds. The van der Waals surface area contributed by atoms with Gasteiger partial charge in [0, 0.05) is 5.69 Å². The molecule has 0 unspecified atom stereocenters. The molecule has 142 valence electrons. The monoisotopic (exact) mass is 369 g/mol. The summed E-state index contributed by atoms with van der Waals surface area (Å²) in [6, 6.07) is 13.8. The number of esters is 2. The summed E-state index contributed by atoms with van der Waals surface area (Å²) in [7, 11) is 0. The van der Waals surface area contributed by atoms with Crippen LogP contribution in [0.25, 0.3) is 0 Å². The number of hydrogen-bond donors (Lipinski definition) is 1. The Morgan fingerprint density at radius 2 is 1.67 bits per heavy atom. The Morgan fingerprint density at radius 1 is 1.00 bits per heavy atom. The zero-order chi connectivity index (χ0) is 19.8. The molecule has 2 aromatic carbocycles. The van der Waals surface area contributed by atoms with Crippen LogP contribution < -0.4 is 5.32 Å². The van der Waals surface area contributed by atoms with E-state index in [2.05, 4.69) is 5.32 Å². The molecule has 6 nitrogen and oxygen atoms in total. The maximum atomic E-state index is 11.9. The topological polar surface area (TPSA) is 81.7 Å². The zero-order valence-corrected chi connectivity index (χ0v) is 15.7. The van der Waals surface area contributed by atoms with Crippen LogP contribution in [0.4, 0.5) is 5.69 Å². The summed E-state index contributed by atoms with van der Waals surface area (Å²) in [6.45, 7) is 5.08. The summed E-state index contributed by atoms with van der Waals surface area (Å²) in [5.74, 6) is -1.34. The number of amides is 1. The molecule has 2 aromatic rings. The maximum absolute atomic E-state index is 11.9. The second kappa shape index (κ2) is 9.52. The number of ether oxygens (including phenoxy) is 2. The quantitative estimate of drug-likeness (QED) is 0.758. The van der Waals surface area contributed by atoms with Gasteiger partial charge in [0.25, 0.3) is 5.91 Å². The van der Waals surface area contributed by atoms with Crippen LogP contribution in [-0.2, 0) is 25.5 Å². The molecule has 0 radical (unpaired) electrons. The smallest absolute Gasteiger partial charge is 0.338 e. The number of carbonyl (C=O) groups excluding carboxylic acids is 3. The predicted molar refractivity (Wildman–Crippen MR) is 101 cm³/mol. The maximum Gasteiger partial charge on any atom is 0.338 e. The fourth-order valence-electron chi connectivity index (χ4n) is 2.33. The van der Waals surface area contributed by atoms with Crippen LogP contribution in [0.5, 0.6) is 0 Å². The zero-order valence-electron chi connectivity index (χ0n) is 15.7. The van der Waals surface area contributed by atoms with Gasteiger partial charge in [-0.1, -0.05) is 24.3 Å². The van der Waals surface area contributed by atoms with Crippen molar-refractivity contribution in [3.05, 3.63) is 65.2 Å². The van der Waals surface area contributed by atoms with Gasteiger partial charge in [0.05, 0.1) is 18.1 Å². The van der Waals surface area contributed by atoms with Gasteiger partial charge in [0.15, 0.2) is 6.61 Å². The van der Waals surface area contributed by atoms with Crippen molar-refractivity contribution in [2.24, 2.45) is 0 Å². The number of rotatable bonds is 7. The van der Waals surface area contributed by atoms with Gasteiger partial charge in [0.1, 0.15) is 0 Å². The lowest BCUT2D eigenvalue weighted by Crippen LogP contribution is -2.21. The van der Waals surface area contributed by atoms with Crippen LogP contribution in [0.1, 0.15) is 35.3 Å². The summed E-state index contributed by atoms with van der Waals surface area (Å²) in [5, 5.41) is 2.61. The van der Waals surface area contributed by atoms with Crippen molar-refractivity contribution in [2.75, 3.05) is 11.9 Å². The lowest BCUT2D eigenvalue weighted by atomic mass is 10.1. The summed E-state index contributed by atoms with van der Waals surface area (Å²) < 4.78 is 10.1. The van der Waals surface area contributed by atoms with Gasteiger partial charge in [-0.3, -0.25) is 9.59 Å². The molecule has 6 heteroatoms. The first-order chi connectivity index (χ1) is 12.8. The summed E-state index contributed by atoms with van der Waals surface area (Å²) in [4.78, 5) is 35.6. The van der Waals surface area contributed by atoms with Crippen molar-refractivity contribution in [3.8, 4) is 0 Å². The third-order valence-corrected chi connectivity index (χ3v) is 3.71. The highest BCUT2D eigenvalue weighted by atomic mass is 16.5. The van der Waals surface area contributed by atoms with Crippen LogP contribution >= 0.6 is 0 Å². The van der Waals surface area contributed by atoms with E-state index < -0.39 is 17.8 Å². The van der Waals surface area contributed by atoms with Gasteiger partial charge in [-0.15, -0.1) is 0 Å². The van der Waals surface area contributed by atoms with Crippen molar-refractivity contribution in [2.45, 2.75) is 33.3 Å². The van der Waals surface area contributed by atoms with Crippen molar-refractivity contribution in [3.63, 3.8) is 0 Å². The SMILES string of the molecule is Cc1ccccc1CC(=O)OCC(=O)Nc1ccc(C(=O)OC(C)C)cc1. The molecule has 0 saturated heterocycles. The Morgan fingerprint density at radius 3 is 2.30 bits per heavy atom. The van der Waals surface area contributed by atoms with Gasteiger partial charge in [0.2, 0.25) is 0 Å². The Kier molecular flexibility index (Phi) is 7.11. The fourth-order valence-corrected chi connectivity index (χ4v) is 2.33. The molecule has 0 heterocycles. The molecule has 0 bridgehead atoms. The number of nitrogens with one attached hydrogen (secondary N) is 1. The van der Waals surface area contributed by atoms with E-state index in [-0.39, 0.29) is 19.1 Å². The fraction of sp³-hybridized carbons (Fsp3) is 0.286. The van der Waals surface area contributed by atoms with Gasteiger partial charge in [-0.2, -0.15) is 0 Å². The van der Waals surface area contributed by atoms with Crippen molar-refractivity contribution < 1.29 is 23.9 Å². The van der Waals surface area contributed by atoms with E-state index >= 15 is 0 Å². The van der Waals surface area contributed by atoms with E-state index in [1.807, 2.05) is 31.2 Å². The molecule has 2 rings (SSSR count). The normalized spacial score (nSPS) is 10.4. The average molecular weight is 369 g/mol. The summed E-state index contributed by atoms with van der Waals surface area (Å²) >= 11 is 0. The lowest BCUT2D eigenvalue weighted by Gasteiger charge is -2.09. The summed E-state index contributed by atoms with van der Waals surface area (Å²) in [5.41, 5.74) is 2.75. The first-order valence-corrected chi connectivity index (χ1v) is 8.66. The summed E-state index contributed by atoms with van der Waals surface area (Å²) in [6.07, 6.45) is -0.0849. The van der Waals surface area contributed by atoms with Crippen LogP contribution in [0, 0.1) is 6.92 Å². The molecule has 1 N–H and O–H groups in total. The van der Waals surface area contributed by atoms with Crippen LogP contribution in [-0.4, -0.2) is 30.6 Å². The number of benzene rings is 2. The molecule has 0 fully saturated rings. The molecule has 0 atom stereocenters. The molecule has 0 aromatic heterocycles. The van der Waals surface area contributed by atoms with E-state index in [4.69, 9.17) is 9.47 Å². The average Bonchev–Trinajstić information content (AvgIpc) is 2.62. The third kappa shape index (κ3) is 6.58. The number of anilines is 1. The predicted octanol–water partition coefficient (Wildman–Crippen LogP) is 3.28. The Bertz CT molecular complexity index is 812. The molecule has 0 aliphatic rings. The van der Waals surface area contributed by atoms with E-state index in [9.17, 15) is 14.4 Å². The number of carbonyl (C=O) groups is 3. The van der Waals surface area contributed by atoms with Crippen LogP contribution in [0.15, 0.2) is 48.5 Å². The first-order valence-electron chi connectivity index (χ1n) is 8.66. The highest BCUT2D eigenvalue weighted by Gasteiger charge is 2.12. The molecule has 0 saturated carbocycles. The molecule has 0 spiro atoms. The first kappa shape index (κ1) is 20.2. The standard InChI is InChI=1S/C21H23NO5/c1-14(2)27-21(25)16-8-10-18(11-9-16)22-19(23)13-26-20(24)12-17-7-5-4-6-15(17)3/h4-11,14H,12-13H2,1-3H3,(H,22,23). The lowest BCUT2D eigenvalue weighted by molar-refractivity contribution is -0.146. The molecular weight excluding hydrogens is 346 g/mol. The van der Waals surface area contributed by atoms with E-state index in [1.54, 1.807) is 38.1 Å². The minimum Gasteiger partial charge on any atom is -0.459 e. The highest BCUT2D eigenvalue weighted by Crippen LogP contribution is 2.12. The van der Waals surface area contributed by atoms with Gasteiger partial charge < -0.3 is 14.8 Å². The Labute approximate surface area is 158 Å². The minimum atomic E-state index is -0.466. The molecule has 0 aliphatic heterocycles. The minimum absolute atomic E-state index is 0.118. The molecular formula is C21H23NO5. The Hall–Kier alpha value is -3.15. The molecule has 27 heavy (non-hydrogen) atoms. The van der Waals surface area contributed by atoms with Crippen molar-refractivity contribution >= 4 is 23.5 Å². The number of hydrogen-bond acceptors (Lipinski definition) is 5. The van der Waals surface area contributed by atoms with Gasteiger partial charge in [-0.05, 0) is 56.2 Å². The highest BCUT2D eigenvalue weighted by molar-refractivity contribution is 5.94. The van der Waals surface area contributed by atoms with Gasteiger partial charge in [-0.25, -0.2) is 4.79 Å². The molecule has 0 aliphatic carbocycles. The largest absolute Gasteiger partial charge is 0.459 e. The van der Waals surface area contributed by atoms with Gasteiger partial charge >= 0.3 is 11.9 Å². The number of aryl methyl sites for hydroxylation is 1. The van der Waals surface area contributed by atoms with Crippen LogP contribution in [0.2, 0.25) is 0 Å². The van der Waals surface area contributed by atoms with E-state index in [1.165, 1.54) is 0 Å². The van der Waals surface area contributed by atoms with Crippen LogP contribution in [0.3, 0.4) is 0 Å². The van der Waals surface area contributed by atoms with E-state index in [0.29, 0.717) is 11.3 Å². The van der Waals surface area contributed by atoms with E-state index in [0.717, 1.165) is 11.1 Å². The Balaban J connectivity index is 1.81. The second-order valence-electron chi connectivity index (χ2n) is 6.34. The van der Waals surface area contributed by atoms with Crippen molar-refractivity contribution in [1.82, 2.24) is 0 Å². The third-order valence-electron chi connectivity index (χ3n) is 3.71.